The number of hydrogen-bond donors (Lipinski definition) is 3. The monoisotopic (exact) mass is 383 g/mol. The Bertz CT molecular complexity index is 885. The third-order valence-corrected chi connectivity index (χ3v) is 5.11. The number of allylic oxidation sites excluding steroid dienone is 1. The van der Waals surface area contributed by atoms with Gasteiger partial charge in [0.25, 0.3) is 5.56 Å². The lowest BCUT2D eigenvalue weighted by molar-refractivity contribution is 0.221. The minimum atomic E-state index is -0.173. The molecule has 0 saturated carbocycles. The highest BCUT2D eigenvalue weighted by Gasteiger charge is 2.10. The van der Waals surface area contributed by atoms with Crippen molar-refractivity contribution in [3.8, 4) is 0 Å². The molecular formula is C21H29N5O2. The van der Waals surface area contributed by atoms with E-state index >= 15 is 0 Å². The highest BCUT2D eigenvalue weighted by atomic mass is 16.3. The van der Waals surface area contributed by atoms with Crippen molar-refractivity contribution in [2.75, 3.05) is 25.0 Å². The number of nitrogens with zero attached hydrogens (tertiary/aromatic N) is 3. The van der Waals surface area contributed by atoms with Crippen LogP contribution in [-0.4, -0.2) is 44.6 Å². The van der Waals surface area contributed by atoms with Crippen molar-refractivity contribution in [2.24, 2.45) is 0 Å². The van der Waals surface area contributed by atoms with Crippen LogP contribution in [0.5, 0.6) is 0 Å². The number of nitrogens with one attached hydrogen (secondary N) is 2. The summed E-state index contributed by atoms with van der Waals surface area (Å²) >= 11 is 0. The number of aromatic amines is 1. The molecule has 2 aromatic rings. The summed E-state index contributed by atoms with van der Waals surface area (Å²) in [7, 11) is 0. The van der Waals surface area contributed by atoms with Crippen LogP contribution in [0.3, 0.4) is 0 Å². The minimum absolute atomic E-state index is 0.173. The van der Waals surface area contributed by atoms with Gasteiger partial charge in [-0.15, -0.1) is 0 Å². The van der Waals surface area contributed by atoms with Crippen LogP contribution in [0.15, 0.2) is 35.0 Å². The van der Waals surface area contributed by atoms with Crippen molar-refractivity contribution in [3.63, 3.8) is 0 Å². The van der Waals surface area contributed by atoms with E-state index in [1.807, 2.05) is 6.20 Å². The highest BCUT2D eigenvalue weighted by molar-refractivity contribution is 5.30. The van der Waals surface area contributed by atoms with E-state index in [1.165, 1.54) is 37.9 Å². The molecule has 150 valence electrons. The van der Waals surface area contributed by atoms with Gasteiger partial charge in [-0.1, -0.05) is 6.42 Å². The summed E-state index contributed by atoms with van der Waals surface area (Å²) < 4.78 is 0. The standard InChI is InChI=1S/C21H29N5O2/c1-15-16(2)24-21(25-20(15)28)23-13-19(27)7-6-18-12-17(8-9-22-18)14-26-10-4-3-5-11-26/h7-9,12,27H,3-6,10-11,13-14H2,1-2H3,(H2,23,24,25,28)/b19-7-. The second-order valence-electron chi connectivity index (χ2n) is 7.37. The van der Waals surface area contributed by atoms with E-state index in [0.29, 0.717) is 23.6 Å². The van der Waals surface area contributed by atoms with Crippen LogP contribution >= 0.6 is 0 Å². The number of aliphatic hydroxyl groups is 1. The van der Waals surface area contributed by atoms with E-state index < -0.39 is 0 Å². The smallest absolute Gasteiger partial charge is 0.255 e. The van der Waals surface area contributed by atoms with E-state index in [4.69, 9.17) is 0 Å². The Morgan fingerprint density at radius 1 is 1.32 bits per heavy atom. The summed E-state index contributed by atoms with van der Waals surface area (Å²) in [4.78, 5) is 25.6. The second kappa shape index (κ2) is 9.50. The average Bonchev–Trinajstić information content (AvgIpc) is 2.70. The molecule has 7 nitrogen and oxygen atoms in total. The number of likely N-dealkylation sites (tertiary alicyclic amines) is 1. The number of rotatable bonds is 7. The number of aromatic nitrogens is 3. The maximum Gasteiger partial charge on any atom is 0.255 e. The Morgan fingerprint density at radius 3 is 2.86 bits per heavy atom. The number of anilines is 1. The number of aliphatic hydroxyl groups excluding tert-OH is 1. The van der Waals surface area contributed by atoms with Gasteiger partial charge < -0.3 is 10.4 Å². The first-order valence-corrected chi connectivity index (χ1v) is 9.87. The largest absolute Gasteiger partial charge is 0.511 e. The number of pyridine rings is 1. The molecule has 1 saturated heterocycles. The molecule has 0 unspecified atom stereocenters. The number of hydrogen-bond acceptors (Lipinski definition) is 6. The van der Waals surface area contributed by atoms with Crippen LogP contribution in [0.25, 0.3) is 0 Å². The van der Waals surface area contributed by atoms with Gasteiger partial charge in [-0.2, -0.15) is 0 Å². The van der Waals surface area contributed by atoms with Crippen LogP contribution in [0.1, 0.15) is 41.8 Å². The van der Waals surface area contributed by atoms with E-state index in [-0.39, 0.29) is 17.9 Å². The molecule has 2 aromatic heterocycles. The first-order valence-electron chi connectivity index (χ1n) is 9.87. The summed E-state index contributed by atoms with van der Waals surface area (Å²) in [5, 5.41) is 13.1. The van der Waals surface area contributed by atoms with Crippen LogP contribution < -0.4 is 10.9 Å². The minimum Gasteiger partial charge on any atom is -0.511 e. The third kappa shape index (κ3) is 5.66. The van der Waals surface area contributed by atoms with Crippen molar-refractivity contribution in [1.29, 1.82) is 0 Å². The summed E-state index contributed by atoms with van der Waals surface area (Å²) in [5.74, 6) is 0.541. The van der Waals surface area contributed by atoms with Crippen molar-refractivity contribution >= 4 is 5.95 Å². The lowest BCUT2D eigenvalue weighted by atomic mass is 10.1. The number of aryl methyl sites for hydroxylation is 1. The van der Waals surface area contributed by atoms with Crippen molar-refractivity contribution in [1.82, 2.24) is 19.9 Å². The van der Waals surface area contributed by atoms with E-state index in [0.717, 1.165) is 12.2 Å². The Kier molecular flexibility index (Phi) is 6.81. The molecule has 3 N–H and O–H groups in total. The lowest BCUT2D eigenvalue weighted by Gasteiger charge is -2.26. The summed E-state index contributed by atoms with van der Waals surface area (Å²) in [6, 6.07) is 4.17. The fourth-order valence-electron chi connectivity index (χ4n) is 3.31. The summed E-state index contributed by atoms with van der Waals surface area (Å²) in [6.07, 6.45) is 8.02. The second-order valence-corrected chi connectivity index (χ2v) is 7.37. The molecule has 1 aliphatic rings. The van der Waals surface area contributed by atoms with Gasteiger partial charge in [-0.25, -0.2) is 4.98 Å². The van der Waals surface area contributed by atoms with Crippen molar-refractivity contribution in [2.45, 2.75) is 46.1 Å². The summed E-state index contributed by atoms with van der Waals surface area (Å²) in [6.45, 7) is 7.00. The predicted octanol–water partition coefficient (Wildman–Crippen LogP) is 2.86. The van der Waals surface area contributed by atoms with Gasteiger partial charge in [0, 0.05) is 36.1 Å². The van der Waals surface area contributed by atoms with Gasteiger partial charge in [0.1, 0.15) is 5.76 Å². The third-order valence-electron chi connectivity index (χ3n) is 5.11. The molecule has 7 heteroatoms. The molecule has 1 fully saturated rings. The van der Waals surface area contributed by atoms with Crippen LogP contribution in [-0.2, 0) is 13.0 Å². The molecule has 3 rings (SSSR count). The zero-order valence-electron chi connectivity index (χ0n) is 16.7. The average molecular weight is 383 g/mol. The van der Waals surface area contributed by atoms with Gasteiger partial charge >= 0.3 is 0 Å². The zero-order valence-corrected chi connectivity index (χ0v) is 16.7. The molecule has 0 atom stereocenters. The van der Waals surface area contributed by atoms with Gasteiger partial charge in [0.2, 0.25) is 5.95 Å². The Morgan fingerprint density at radius 2 is 2.11 bits per heavy atom. The normalized spacial score (nSPS) is 15.6. The van der Waals surface area contributed by atoms with E-state index in [2.05, 4.69) is 37.3 Å². The Balaban J connectivity index is 1.54. The highest BCUT2D eigenvalue weighted by Crippen LogP contribution is 2.13. The fourth-order valence-corrected chi connectivity index (χ4v) is 3.31. The first-order chi connectivity index (χ1) is 13.5. The molecule has 0 aromatic carbocycles. The molecule has 0 aliphatic carbocycles. The molecular weight excluding hydrogens is 354 g/mol. The Hall–Kier alpha value is -2.67. The topological polar surface area (TPSA) is 94.1 Å². The zero-order chi connectivity index (χ0) is 19.9. The van der Waals surface area contributed by atoms with E-state index in [9.17, 15) is 9.90 Å². The lowest BCUT2D eigenvalue weighted by Crippen LogP contribution is -2.29. The molecule has 0 amide bonds. The number of piperidine rings is 1. The van der Waals surface area contributed by atoms with Crippen LogP contribution in [0.2, 0.25) is 0 Å². The molecule has 28 heavy (non-hydrogen) atoms. The maximum absolute atomic E-state index is 11.8. The molecule has 0 radical (unpaired) electrons. The van der Waals surface area contributed by atoms with Gasteiger partial charge in [-0.3, -0.25) is 19.7 Å². The maximum atomic E-state index is 11.8. The quantitative estimate of drug-likeness (QED) is 0.637. The molecule has 0 bridgehead atoms. The molecule has 3 heterocycles. The molecule has 0 spiro atoms. The van der Waals surface area contributed by atoms with E-state index in [1.54, 1.807) is 19.9 Å². The van der Waals surface area contributed by atoms with Crippen molar-refractivity contribution < 1.29 is 5.11 Å². The Labute approximate surface area is 165 Å². The van der Waals surface area contributed by atoms with Gasteiger partial charge in [0.05, 0.1) is 6.54 Å². The van der Waals surface area contributed by atoms with Crippen LogP contribution in [0, 0.1) is 13.8 Å². The van der Waals surface area contributed by atoms with Gasteiger partial charge in [-0.05, 0) is 63.6 Å². The SMILES string of the molecule is Cc1nc(NC/C(O)=C/Cc2cc(CN3CCCCC3)ccn2)[nH]c(=O)c1C. The number of H-pyrrole nitrogens is 1. The van der Waals surface area contributed by atoms with Crippen molar-refractivity contribution in [3.05, 3.63) is 63.0 Å². The van der Waals surface area contributed by atoms with Crippen LogP contribution in [0.4, 0.5) is 5.95 Å². The van der Waals surface area contributed by atoms with Gasteiger partial charge in [0.15, 0.2) is 0 Å². The fraction of sp³-hybridized carbons (Fsp3) is 0.476. The summed E-state index contributed by atoms with van der Waals surface area (Å²) in [5.41, 5.74) is 3.28. The molecule has 1 aliphatic heterocycles. The first kappa shape index (κ1) is 20.1. The predicted molar refractivity (Wildman–Crippen MR) is 111 cm³/mol.